The Morgan fingerprint density at radius 2 is 2.17 bits per heavy atom. The maximum Gasteiger partial charge on any atom is 0.304 e. The first-order valence-corrected chi connectivity index (χ1v) is 5.88. The van der Waals surface area contributed by atoms with Crippen molar-refractivity contribution in [1.82, 2.24) is 14.8 Å². The topological polar surface area (TPSA) is 68.0 Å². The molecule has 0 spiro atoms. The van der Waals surface area contributed by atoms with Crippen molar-refractivity contribution < 1.29 is 9.90 Å². The summed E-state index contributed by atoms with van der Waals surface area (Å²) >= 11 is 0. The van der Waals surface area contributed by atoms with Gasteiger partial charge in [0.2, 0.25) is 0 Å². The van der Waals surface area contributed by atoms with Gasteiger partial charge in [0, 0.05) is 5.41 Å². The van der Waals surface area contributed by atoms with Gasteiger partial charge >= 0.3 is 5.97 Å². The Morgan fingerprint density at radius 3 is 2.78 bits per heavy atom. The summed E-state index contributed by atoms with van der Waals surface area (Å²) in [7, 11) is 0. The Hall–Kier alpha value is -2.17. The molecule has 0 aliphatic heterocycles. The van der Waals surface area contributed by atoms with Gasteiger partial charge in [-0.1, -0.05) is 18.2 Å². The fraction of sp³-hybridized carbons (Fsp3) is 0.308. The van der Waals surface area contributed by atoms with Crippen LogP contribution in [0.1, 0.15) is 24.8 Å². The van der Waals surface area contributed by atoms with Crippen LogP contribution in [0, 0.1) is 0 Å². The molecular weight excluding hydrogens is 230 g/mol. The Balaban J connectivity index is 2.05. The van der Waals surface area contributed by atoms with Gasteiger partial charge in [-0.05, 0) is 24.5 Å². The maximum atomic E-state index is 11.0. The Morgan fingerprint density at radius 1 is 1.39 bits per heavy atom. The number of carboxylic acids is 1. The lowest BCUT2D eigenvalue weighted by Crippen LogP contribution is -2.16. The van der Waals surface area contributed by atoms with Crippen molar-refractivity contribution in [3.8, 4) is 5.69 Å². The van der Waals surface area contributed by atoms with E-state index in [1.54, 1.807) is 11.0 Å². The molecule has 0 amide bonds. The number of aliphatic carboxylic acids is 1. The number of carboxylic acid groups (broad SMARTS) is 1. The van der Waals surface area contributed by atoms with Gasteiger partial charge in [-0.25, -0.2) is 9.67 Å². The van der Waals surface area contributed by atoms with Crippen molar-refractivity contribution >= 4 is 5.97 Å². The number of aromatic nitrogens is 3. The SMILES string of the molecule is O=C(O)CC1(c2ccccc2-n2cncn2)CC1. The van der Waals surface area contributed by atoms with Crippen LogP contribution in [0.3, 0.4) is 0 Å². The summed E-state index contributed by atoms with van der Waals surface area (Å²) in [5.41, 5.74) is 1.76. The van der Waals surface area contributed by atoms with Gasteiger partial charge in [-0.2, -0.15) is 5.10 Å². The number of hydrogen-bond donors (Lipinski definition) is 1. The summed E-state index contributed by atoms with van der Waals surface area (Å²) in [6.07, 6.45) is 5.14. The van der Waals surface area contributed by atoms with E-state index in [2.05, 4.69) is 10.1 Å². The molecule has 5 nitrogen and oxygen atoms in total. The number of hydrogen-bond acceptors (Lipinski definition) is 3. The molecule has 1 aromatic carbocycles. The summed E-state index contributed by atoms with van der Waals surface area (Å²) < 4.78 is 1.69. The van der Waals surface area contributed by atoms with Crippen LogP contribution in [0.4, 0.5) is 0 Å². The van der Waals surface area contributed by atoms with Gasteiger partial charge in [0.05, 0.1) is 12.1 Å². The largest absolute Gasteiger partial charge is 0.481 e. The van der Waals surface area contributed by atoms with Crippen LogP contribution in [-0.4, -0.2) is 25.8 Å². The van der Waals surface area contributed by atoms with Crippen molar-refractivity contribution in [2.75, 3.05) is 0 Å². The highest BCUT2D eigenvalue weighted by Gasteiger charge is 2.47. The molecule has 1 fully saturated rings. The van der Waals surface area contributed by atoms with Crippen molar-refractivity contribution in [1.29, 1.82) is 0 Å². The Kier molecular flexibility index (Phi) is 2.40. The predicted molar refractivity (Wildman–Crippen MR) is 64.5 cm³/mol. The van der Waals surface area contributed by atoms with Crippen molar-refractivity contribution in [3.05, 3.63) is 42.5 Å². The average Bonchev–Trinajstić information content (AvgIpc) is 2.93. The first-order chi connectivity index (χ1) is 8.71. The molecule has 1 aliphatic rings. The predicted octanol–water partition coefficient (Wildman–Crippen LogP) is 1.77. The highest BCUT2D eigenvalue weighted by atomic mass is 16.4. The maximum absolute atomic E-state index is 11.0. The number of benzene rings is 1. The normalized spacial score (nSPS) is 16.4. The van der Waals surface area contributed by atoms with E-state index in [9.17, 15) is 4.79 Å². The van der Waals surface area contributed by atoms with Crippen LogP contribution >= 0.6 is 0 Å². The fourth-order valence-electron chi connectivity index (χ4n) is 2.44. The number of nitrogens with zero attached hydrogens (tertiary/aromatic N) is 3. The first-order valence-electron chi connectivity index (χ1n) is 5.88. The lowest BCUT2D eigenvalue weighted by molar-refractivity contribution is -0.137. The minimum atomic E-state index is -0.749. The van der Waals surface area contributed by atoms with E-state index in [-0.39, 0.29) is 11.8 Å². The van der Waals surface area contributed by atoms with E-state index in [1.165, 1.54) is 6.33 Å². The Bertz CT molecular complexity index is 574. The highest BCUT2D eigenvalue weighted by molar-refractivity contribution is 5.71. The molecule has 18 heavy (non-hydrogen) atoms. The van der Waals surface area contributed by atoms with E-state index in [1.807, 2.05) is 24.3 Å². The molecule has 1 aliphatic carbocycles. The smallest absolute Gasteiger partial charge is 0.304 e. The zero-order valence-corrected chi connectivity index (χ0v) is 9.78. The molecule has 1 saturated carbocycles. The molecule has 0 atom stereocenters. The minimum Gasteiger partial charge on any atom is -0.481 e. The van der Waals surface area contributed by atoms with Gasteiger partial charge in [0.15, 0.2) is 0 Å². The zero-order valence-electron chi connectivity index (χ0n) is 9.78. The second-order valence-electron chi connectivity index (χ2n) is 4.71. The molecule has 5 heteroatoms. The highest BCUT2D eigenvalue weighted by Crippen LogP contribution is 2.52. The molecule has 1 N–H and O–H groups in total. The summed E-state index contributed by atoms with van der Waals surface area (Å²) in [5, 5.41) is 13.2. The molecule has 3 rings (SSSR count). The third-order valence-corrected chi connectivity index (χ3v) is 3.48. The van der Waals surface area contributed by atoms with Crippen LogP contribution in [0.2, 0.25) is 0 Å². The first kappa shape index (κ1) is 11.0. The third-order valence-electron chi connectivity index (χ3n) is 3.48. The van der Waals surface area contributed by atoms with Crippen molar-refractivity contribution in [3.63, 3.8) is 0 Å². The van der Waals surface area contributed by atoms with E-state index in [4.69, 9.17) is 5.11 Å². The molecule has 0 unspecified atom stereocenters. The van der Waals surface area contributed by atoms with Gasteiger partial charge in [-0.3, -0.25) is 4.79 Å². The van der Waals surface area contributed by atoms with E-state index in [0.29, 0.717) is 0 Å². The van der Waals surface area contributed by atoms with Crippen LogP contribution in [-0.2, 0) is 10.2 Å². The second kappa shape index (κ2) is 3.94. The van der Waals surface area contributed by atoms with Gasteiger partial charge in [0.25, 0.3) is 0 Å². The monoisotopic (exact) mass is 243 g/mol. The Labute approximate surface area is 104 Å². The van der Waals surface area contributed by atoms with Crippen molar-refractivity contribution in [2.24, 2.45) is 0 Å². The number of carbonyl (C=O) groups is 1. The third kappa shape index (κ3) is 1.77. The van der Waals surface area contributed by atoms with E-state index in [0.717, 1.165) is 24.1 Å². The van der Waals surface area contributed by atoms with Crippen LogP contribution < -0.4 is 0 Å². The molecule has 92 valence electrons. The molecule has 2 aromatic rings. The second-order valence-corrected chi connectivity index (χ2v) is 4.71. The molecule has 1 heterocycles. The van der Waals surface area contributed by atoms with Crippen LogP contribution in [0.15, 0.2) is 36.9 Å². The quantitative estimate of drug-likeness (QED) is 0.888. The molecule has 0 bridgehead atoms. The lowest BCUT2D eigenvalue weighted by Gasteiger charge is -2.17. The molecule has 1 aromatic heterocycles. The molecule has 0 saturated heterocycles. The van der Waals surface area contributed by atoms with E-state index >= 15 is 0 Å². The van der Waals surface area contributed by atoms with E-state index < -0.39 is 5.97 Å². The van der Waals surface area contributed by atoms with Gasteiger partial charge < -0.3 is 5.11 Å². The summed E-state index contributed by atoms with van der Waals surface area (Å²) in [4.78, 5) is 14.9. The fourth-order valence-corrected chi connectivity index (χ4v) is 2.44. The lowest BCUT2D eigenvalue weighted by atomic mass is 9.91. The van der Waals surface area contributed by atoms with Crippen LogP contribution in [0.25, 0.3) is 5.69 Å². The standard InChI is InChI=1S/C13H13N3O2/c17-12(18)7-13(5-6-13)10-3-1-2-4-11(10)16-9-14-8-15-16/h1-4,8-9H,5-7H2,(H,17,18). The van der Waals surface area contributed by atoms with Gasteiger partial charge in [0.1, 0.15) is 12.7 Å². The summed E-state index contributed by atoms with van der Waals surface area (Å²) in [6.45, 7) is 0. The summed E-state index contributed by atoms with van der Waals surface area (Å²) in [5.74, 6) is -0.749. The molecule has 0 radical (unpaired) electrons. The molecular formula is C13H13N3O2. The number of para-hydroxylation sites is 1. The summed E-state index contributed by atoms with van der Waals surface area (Å²) in [6, 6.07) is 7.81. The van der Waals surface area contributed by atoms with Crippen molar-refractivity contribution in [2.45, 2.75) is 24.7 Å². The minimum absolute atomic E-state index is 0.179. The zero-order chi connectivity index (χ0) is 12.6. The number of rotatable bonds is 4. The van der Waals surface area contributed by atoms with Crippen LogP contribution in [0.5, 0.6) is 0 Å². The van der Waals surface area contributed by atoms with Gasteiger partial charge in [-0.15, -0.1) is 0 Å². The average molecular weight is 243 g/mol.